The number of benzene rings is 1. The van der Waals surface area contributed by atoms with Crippen molar-refractivity contribution in [2.75, 3.05) is 6.54 Å². The monoisotopic (exact) mass is 324 g/mol. The van der Waals surface area contributed by atoms with Crippen LogP contribution in [0.1, 0.15) is 58.1 Å². The molecule has 0 bridgehead atoms. The van der Waals surface area contributed by atoms with Crippen LogP contribution in [0.15, 0.2) is 48.7 Å². The molecule has 1 unspecified atom stereocenters. The van der Waals surface area contributed by atoms with Crippen molar-refractivity contribution < 1.29 is 14.7 Å². The Hall–Kier alpha value is -2.69. The van der Waals surface area contributed by atoms with Crippen LogP contribution < -0.4 is 0 Å². The van der Waals surface area contributed by atoms with E-state index in [1.807, 2.05) is 35.2 Å². The van der Waals surface area contributed by atoms with Crippen LogP contribution in [0, 0.1) is 0 Å². The maximum Gasteiger partial charge on any atom is 0.335 e. The lowest BCUT2D eigenvalue weighted by molar-refractivity contribution is 0.0674. The highest BCUT2D eigenvalue weighted by molar-refractivity contribution is 5.96. The van der Waals surface area contributed by atoms with E-state index in [1.54, 1.807) is 0 Å². The van der Waals surface area contributed by atoms with Gasteiger partial charge in [0.2, 0.25) is 0 Å². The summed E-state index contributed by atoms with van der Waals surface area (Å²) in [4.78, 5) is 30.1. The number of nitrogens with zero attached hydrogens (tertiary/aromatic N) is 2. The number of hydrogen-bond acceptors (Lipinski definition) is 3. The fourth-order valence-corrected chi connectivity index (χ4v) is 3.20. The zero-order chi connectivity index (χ0) is 16.9. The van der Waals surface area contributed by atoms with Crippen LogP contribution in [0.4, 0.5) is 0 Å². The molecule has 5 nitrogen and oxygen atoms in total. The Balaban J connectivity index is 1.93. The molecule has 1 aromatic carbocycles. The lowest BCUT2D eigenvalue weighted by atomic mass is 10.0. The van der Waals surface area contributed by atoms with E-state index in [0.717, 1.165) is 31.2 Å². The number of carbonyl (C=O) groups excluding carboxylic acids is 1. The van der Waals surface area contributed by atoms with Crippen LogP contribution in [0.25, 0.3) is 0 Å². The number of carboxylic acids is 1. The van der Waals surface area contributed by atoms with Crippen molar-refractivity contribution in [3.05, 3.63) is 65.5 Å². The van der Waals surface area contributed by atoms with E-state index in [1.165, 1.54) is 18.3 Å². The van der Waals surface area contributed by atoms with E-state index >= 15 is 0 Å². The number of amides is 1. The molecule has 0 aliphatic carbocycles. The second-order valence-corrected chi connectivity index (χ2v) is 6.01. The van der Waals surface area contributed by atoms with Gasteiger partial charge in [0.1, 0.15) is 5.69 Å². The zero-order valence-electron chi connectivity index (χ0n) is 13.4. The van der Waals surface area contributed by atoms with E-state index in [-0.39, 0.29) is 23.2 Å². The van der Waals surface area contributed by atoms with Gasteiger partial charge in [-0.25, -0.2) is 4.79 Å². The van der Waals surface area contributed by atoms with Crippen molar-refractivity contribution in [1.29, 1.82) is 0 Å². The molecule has 1 saturated heterocycles. The highest BCUT2D eigenvalue weighted by Crippen LogP contribution is 2.31. The Morgan fingerprint density at radius 1 is 1.08 bits per heavy atom. The van der Waals surface area contributed by atoms with Gasteiger partial charge in [0, 0.05) is 12.7 Å². The van der Waals surface area contributed by atoms with Crippen molar-refractivity contribution >= 4 is 11.9 Å². The number of pyridine rings is 1. The molecule has 1 atom stereocenters. The molecule has 0 saturated carbocycles. The third-order valence-corrected chi connectivity index (χ3v) is 4.42. The van der Waals surface area contributed by atoms with Crippen LogP contribution in [0.5, 0.6) is 0 Å². The fraction of sp³-hybridized carbons (Fsp3) is 0.316. The Kier molecular flexibility index (Phi) is 4.89. The van der Waals surface area contributed by atoms with Crippen LogP contribution in [0.2, 0.25) is 0 Å². The van der Waals surface area contributed by atoms with Crippen LogP contribution >= 0.6 is 0 Å². The number of carbonyl (C=O) groups is 2. The van der Waals surface area contributed by atoms with Gasteiger partial charge in [0.05, 0.1) is 11.6 Å². The summed E-state index contributed by atoms with van der Waals surface area (Å²) in [5.41, 5.74) is 1.39. The highest BCUT2D eigenvalue weighted by atomic mass is 16.4. The largest absolute Gasteiger partial charge is 0.478 e. The smallest absolute Gasteiger partial charge is 0.335 e. The number of aromatic nitrogens is 1. The van der Waals surface area contributed by atoms with E-state index in [2.05, 4.69) is 4.98 Å². The highest BCUT2D eigenvalue weighted by Gasteiger charge is 2.28. The van der Waals surface area contributed by atoms with Gasteiger partial charge in [-0.1, -0.05) is 43.2 Å². The molecule has 0 radical (unpaired) electrons. The lowest BCUT2D eigenvalue weighted by Crippen LogP contribution is -2.35. The predicted octanol–water partition coefficient (Wildman–Crippen LogP) is 3.54. The van der Waals surface area contributed by atoms with Gasteiger partial charge >= 0.3 is 5.97 Å². The Morgan fingerprint density at radius 3 is 2.62 bits per heavy atom. The third-order valence-electron chi connectivity index (χ3n) is 4.42. The number of carboxylic acid groups (broad SMARTS) is 1. The quantitative estimate of drug-likeness (QED) is 0.937. The average molecular weight is 324 g/mol. The SMILES string of the molecule is O=C(O)c1ccnc(C(=O)N2CCCCCC2c2ccccc2)c1. The summed E-state index contributed by atoms with van der Waals surface area (Å²) < 4.78 is 0. The molecule has 0 spiro atoms. The van der Waals surface area contributed by atoms with Crippen molar-refractivity contribution in [3.63, 3.8) is 0 Å². The zero-order valence-corrected chi connectivity index (χ0v) is 13.4. The van der Waals surface area contributed by atoms with E-state index in [0.29, 0.717) is 6.54 Å². The molecular formula is C19H20N2O3. The summed E-state index contributed by atoms with van der Waals surface area (Å²) in [6, 6.07) is 12.8. The molecule has 2 heterocycles. The molecular weight excluding hydrogens is 304 g/mol. The van der Waals surface area contributed by atoms with Crippen LogP contribution in [-0.2, 0) is 0 Å². The number of rotatable bonds is 3. The maximum absolute atomic E-state index is 13.0. The van der Waals surface area contributed by atoms with Gasteiger partial charge in [0.25, 0.3) is 5.91 Å². The first-order valence-electron chi connectivity index (χ1n) is 8.22. The summed E-state index contributed by atoms with van der Waals surface area (Å²) in [6.45, 7) is 0.664. The summed E-state index contributed by atoms with van der Waals surface area (Å²) in [6.07, 6.45) is 5.41. The minimum atomic E-state index is -1.05. The summed E-state index contributed by atoms with van der Waals surface area (Å²) in [5, 5.41) is 9.12. The average Bonchev–Trinajstić information content (AvgIpc) is 2.88. The Morgan fingerprint density at radius 2 is 1.88 bits per heavy atom. The molecule has 1 aliphatic rings. The molecule has 1 amide bonds. The van der Waals surface area contributed by atoms with Crippen molar-refractivity contribution in [3.8, 4) is 0 Å². The first-order chi connectivity index (χ1) is 11.7. The minimum Gasteiger partial charge on any atom is -0.478 e. The summed E-state index contributed by atoms with van der Waals surface area (Å²) >= 11 is 0. The van der Waals surface area contributed by atoms with Gasteiger partial charge in [-0.2, -0.15) is 0 Å². The minimum absolute atomic E-state index is 0.0106. The van der Waals surface area contributed by atoms with Crippen LogP contribution in [0.3, 0.4) is 0 Å². The van der Waals surface area contributed by atoms with Crippen molar-refractivity contribution in [2.24, 2.45) is 0 Å². The Bertz CT molecular complexity index is 730. The van der Waals surface area contributed by atoms with E-state index in [4.69, 9.17) is 5.11 Å². The van der Waals surface area contributed by atoms with Gasteiger partial charge < -0.3 is 10.0 Å². The maximum atomic E-state index is 13.0. The third kappa shape index (κ3) is 3.45. The van der Waals surface area contributed by atoms with E-state index in [9.17, 15) is 9.59 Å². The van der Waals surface area contributed by atoms with Crippen molar-refractivity contribution in [2.45, 2.75) is 31.7 Å². The standard InChI is InChI=1S/C19H20N2O3/c22-18(16-13-15(19(23)24)10-11-20-16)21-12-6-2-5-9-17(21)14-7-3-1-4-8-14/h1,3-4,7-8,10-11,13,17H,2,5-6,9,12H2,(H,23,24). The van der Waals surface area contributed by atoms with Gasteiger partial charge in [-0.15, -0.1) is 0 Å². The molecule has 1 aromatic heterocycles. The van der Waals surface area contributed by atoms with Gasteiger partial charge in [-0.3, -0.25) is 9.78 Å². The molecule has 24 heavy (non-hydrogen) atoms. The van der Waals surface area contributed by atoms with Crippen LogP contribution in [-0.4, -0.2) is 33.4 Å². The summed E-state index contributed by atoms with van der Waals surface area (Å²) in [7, 11) is 0. The number of likely N-dealkylation sites (tertiary alicyclic amines) is 1. The lowest BCUT2D eigenvalue weighted by Gasteiger charge is -2.30. The molecule has 2 aromatic rings. The molecule has 1 aliphatic heterocycles. The first kappa shape index (κ1) is 16.2. The van der Waals surface area contributed by atoms with Gasteiger partial charge in [0.15, 0.2) is 0 Å². The second-order valence-electron chi connectivity index (χ2n) is 6.01. The first-order valence-corrected chi connectivity index (χ1v) is 8.22. The fourth-order valence-electron chi connectivity index (χ4n) is 3.20. The summed E-state index contributed by atoms with van der Waals surface area (Å²) in [5.74, 6) is -1.25. The molecule has 124 valence electrons. The predicted molar refractivity (Wildman–Crippen MR) is 89.9 cm³/mol. The second kappa shape index (κ2) is 7.25. The number of hydrogen-bond donors (Lipinski definition) is 1. The Labute approximate surface area is 140 Å². The molecule has 1 fully saturated rings. The normalized spacial score (nSPS) is 18.0. The molecule has 3 rings (SSSR count). The molecule has 1 N–H and O–H groups in total. The van der Waals surface area contributed by atoms with Gasteiger partial charge in [-0.05, 0) is 30.5 Å². The van der Waals surface area contributed by atoms with E-state index < -0.39 is 5.97 Å². The number of aromatic carboxylic acids is 1. The van der Waals surface area contributed by atoms with Crippen molar-refractivity contribution in [1.82, 2.24) is 9.88 Å². The molecule has 5 heteroatoms. The topological polar surface area (TPSA) is 70.5 Å².